The van der Waals surface area contributed by atoms with Crippen molar-refractivity contribution in [2.45, 2.75) is 31.7 Å². The second kappa shape index (κ2) is 9.78. The summed E-state index contributed by atoms with van der Waals surface area (Å²) in [6.07, 6.45) is 0. The minimum atomic E-state index is -3.49. The van der Waals surface area contributed by atoms with Crippen LogP contribution in [-0.2, 0) is 14.8 Å². The van der Waals surface area contributed by atoms with Crippen LogP contribution in [0.25, 0.3) is 0 Å². The van der Waals surface area contributed by atoms with Crippen molar-refractivity contribution in [2.24, 2.45) is 0 Å². The van der Waals surface area contributed by atoms with Crippen molar-refractivity contribution >= 4 is 10.0 Å². The number of sulfonamides is 1. The molecule has 0 aromatic heterocycles. The molecule has 0 aliphatic heterocycles. The summed E-state index contributed by atoms with van der Waals surface area (Å²) in [6.45, 7) is 8.59. The third kappa shape index (κ3) is 6.74. The molecule has 0 unspecified atom stereocenters. The highest BCUT2D eigenvalue weighted by atomic mass is 32.2. The Hall–Kier alpha value is -1.15. The molecule has 1 atom stereocenters. The lowest BCUT2D eigenvalue weighted by atomic mass is 10.3. The number of nitrogens with one attached hydrogen (secondary N) is 2. The summed E-state index contributed by atoms with van der Waals surface area (Å²) in [5.74, 6) is 0.625. The smallest absolute Gasteiger partial charge is 0.240 e. The summed E-state index contributed by atoms with van der Waals surface area (Å²) in [5.41, 5.74) is 0. The fraction of sp³-hybridized carbons (Fsp3) is 0.600. The van der Waals surface area contributed by atoms with E-state index in [0.29, 0.717) is 32.1 Å². The molecule has 0 aliphatic carbocycles. The van der Waals surface area contributed by atoms with E-state index in [9.17, 15) is 8.42 Å². The van der Waals surface area contributed by atoms with E-state index in [0.717, 1.165) is 6.54 Å². The Morgan fingerprint density at radius 2 is 1.82 bits per heavy atom. The standard InChI is InChI=1S/C15H26N2O4S/c1-4-16-13(3)12-17-22(18,19)15-8-6-14(7-9-15)21-11-10-20-5-2/h6-9,13,16-17H,4-5,10-12H2,1-3H3/t13-/m1/s1. The first-order valence-corrected chi connectivity index (χ1v) is 9.01. The van der Waals surface area contributed by atoms with Gasteiger partial charge in [0.05, 0.1) is 11.5 Å². The van der Waals surface area contributed by atoms with Gasteiger partial charge in [-0.05, 0) is 44.7 Å². The van der Waals surface area contributed by atoms with Crippen molar-refractivity contribution in [3.05, 3.63) is 24.3 Å². The molecule has 0 fully saturated rings. The summed E-state index contributed by atoms with van der Waals surface area (Å²) in [4.78, 5) is 0.230. The van der Waals surface area contributed by atoms with E-state index in [2.05, 4.69) is 10.0 Å². The van der Waals surface area contributed by atoms with Crippen LogP contribution in [0.5, 0.6) is 5.75 Å². The van der Waals surface area contributed by atoms with Gasteiger partial charge in [0, 0.05) is 19.2 Å². The van der Waals surface area contributed by atoms with Crippen molar-refractivity contribution in [2.75, 3.05) is 32.9 Å². The molecule has 0 aliphatic rings. The predicted molar refractivity (Wildman–Crippen MR) is 86.8 cm³/mol. The Bertz CT molecular complexity index is 517. The molecule has 0 bridgehead atoms. The van der Waals surface area contributed by atoms with E-state index in [1.807, 2.05) is 20.8 Å². The van der Waals surface area contributed by atoms with Gasteiger partial charge < -0.3 is 14.8 Å². The largest absolute Gasteiger partial charge is 0.491 e. The van der Waals surface area contributed by atoms with E-state index >= 15 is 0 Å². The molecule has 0 saturated carbocycles. The minimum Gasteiger partial charge on any atom is -0.491 e. The maximum atomic E-state index is 12.2. The summed E-state index contributed by atoms with van der Waals surface area (Å²) < 4.78 is 37.5. The van der Waals surface area contributed by atoms with Crippen molar-refractivity contribution in [3.8, 4) is 5.75 Å². The lowest BCUT2D eigenvalue weighted by Gasteiger charge is -2.14. The Morgan fingerprint density at radius 3 is 2.41 bits per heavy atom. The molecule has 0 saturated heterocycles. The van der Waals surface area contributed by atoms with Crippen LogP contribution in [-0.4, -0.2) is 47.4 Å². The normalized spacial score (nSPS) is 13.0. The molecule has 6 nitrogen and oxygen atoms in total. The second-order valence-electron chi connectivity index (χ2n) is 4.83. The molecule has 1 aromatic rings. The Labute approximate surface area is 133 Å². The molecule has 7 heteroatoms. The lowest BCUT2D eigenvalue weighted by molar-refractivity contribution is 0.110. The number of likely N-dealkylation sites (N-methyl/N-ethyl adjacent to an activating group) is 1. The summed E-state index contributed by atoms with van der Waals surface area (Å²) in [6, 6.07) is 6.45. The average molecular weight is 330 g/mol. The quantitative estimate of drug-likeness (QED) is 0.600. The number of ether oxygens (including phenoxy) is 2. The van der Waals surface area contributed by atoms with Crippen molar-refractivity contribution < 1.29 is 17.9 Å². The molecule has 126 valence electrons. The van der Waals surface area contributed by atoms with Crippen LogP contribution >= 0.6 is 0 Å². The van der Waals surface area contributed by atoms with Crippen LogP contribution in [0.1, 0.15) is 20.8 Å². The van der Waals surface area contributed by atoms with E-state index in [4.69, 9.17) is 9.47 Å². The van der Waals surface area contributed by atoms with Crippen molar-refractivity contribution in [1.82, 2.24) is 10.0 Å². The van der Waals surface area contributed by atoms with Crippen molar-refractivity contribution in [3.63, 3.8) is 0 Å². The summed E-state index contributed by atoms with van der Waals surface area (Å²) >= 11 is 0. The van der Waals surface area contributed by atoms with E-state index in [1.54, 1.807) is 12.1 Å². The number of benzene rings is 1. The van der Waals surface area contributed by atoms with E-state index < -0.39 is 10.0 Å². The molecule has 0 amide bonds. The van der Waals surface area contributed by atoms with Gasteiger partial charge in [-0.25, -0.2) is 13.1 Å². The van der Waals surface area contributed by atoms with Gasteiger partial charge in [-0.1, -0.05) is 6.92 Å². The molecule has 0 heterocycles. The van der Waals surface area contributed by atoms with Gasteiger partial charge in [0.25, 0.3) is 0 Å². The highest BCUT2D eigenvalue weighted by Crippen LogP contribution is 2.15. The zero-order valence-electron chi connectivity index (χ0n) is 13.5. The van der Waals surface area contributed by atoms with Crippen molar-refractivity contribution in [1.29, 1.82) is 0 Å². The lowest BCUT2D eigenvalue weighted by Crippen LogP contribution is -2.38. The van der Waals surface area contributed by atoms with Gasteiger partial charge in [0.1, 0.15) is 12.4 Å². The average Bonchev–Trinajstić information content (AvgIpc) is 2.51. The van der Waals surface area contributed by atoms with E-state index in [-0.39, 0.29) is 10.9 Å². The first kappa shape index (κ1) is 18.9. The van der Waals surface area contributed by atoms with Crippen LogP contribution in [0.15, 0.2) is 29.2 Å². The SMILES string of the molecule is CCN[C@H](C)CNS(=O)(=O)c1ccc(OCCOCC)cc1. The zero-order valence-corrected chi connectivity index (χ0v) is 14.3. The molecule has 22 heavy (non-hydrogen) atoms. The van der Waals surface area contributed by atoms with Gasteiger partial charge in [-0.15, -0.1) is 0 Å². The van der Waals surface area contributed by atoms with Crippen LogP contribution in [0.3, 0.4) is 0 Å². The van der Waals surface area contributed by atoms with Gasteiger partial charge in [-0.3, -0.25) is 0 Å². The number of rotatable bonds is 11. The third-order valence-corrected chi connectivity index (χ3v) is 4.41. The fourth-order valence-electron chi connectivity index (χ4n) is 1.82. The zero-order chi connectivity index (χ0) is 16.4. The van der Waals surface area contributed by atoms with Gasteiger partial charge in [-0.2, -0.15) is 0 Å². The third-order valence-electron chi connectivity index (χ3n) is 2.97. The Kier molecular flexibility index (Phi) is 8.40. The molecule has 0 spiro atoms. The predicted octanol–water partition coefficient (Wildman–Crippen LogP) is 1.38. The fourth-order valence-corrected chi connectivity index (χ4v) is 2.95. The maximum absolute atomic E-state index is 12.2. The first-order chi connectivity index (χ1) is 10.5. The van der Waals surface area contributed by atoms with Crippen LogP contribution in [0.4, 0.5) is 0 Å². The monoisotopic (exact) mass is 330 g/mol. The van der Waals surface area contributed by atoms with Gasteiger partial charge in [0.15, 0.2) is 0 Å². The van der Waals surface area contributed by atoms with Crippen LogP contribution in [0, 0.1) is 0 Å². The Balaban J connectivity index is 2.53. The van der Waals surface area contributed by atoms with Gasteiger partial charge in [0.2, 0.25) is 10.0 Å². The number of hydrogen-bond donors (Lipinski definition) is 2. The highest BCUT2D eigenvalue weighted by molar-refractivity contribution is 7.89. The number of hydrogen-bond acceptors (Lipinski definition) is 5. The van der Waals surface area contributed by atoms with Crippen LogP contribution in [0.2, 0.25) is 0 Å². The molecule has 0 radical (unpaired) electrons. The van der Waals surface area contributed by atoms with E-state index in [1.165, 1.54) is 12.1 Å². The second-order valence-corrected chi connectivity index (χ2v) is 6.59. The van der Waals surface area contributed by atoms with Gasteiger partial charge >= 0.3 is 0 Å². The molecule has 1 rings (SSSR count). The highest BCUT2D eigenvalue weighted by Gasteiger charge is 2.14. The maximum Gasteiger partial charge on any atom is 0.240 e. The summed E-state index contributed by atoms with van der Waals surface area (Å²) in [5, 5.41) is 3.15. The molecule has 1 aromatic carbocycles. The topological polar surface area (TPSA) is 76.7 Å². The molecular weight excluding hydrogens is 304 g/mol. The van der Waals surface area contributed by atoms with Crippen LogP contribution < -0.4 is 14.8 Å². The Morgan fingerprint density at radius 1 is 1.14 bits per heavy atom. The first-order valence-electron chi connectivity index (χ1n) is 7.53. The molecule has 2 N–H and O–H groups in total. The summed E-state index contributed by atoms with van der Waals surface area (Å²) in [7, 11) is -3.49. The minimum absolute atomic E-state index is 0.0842. The molecular formula is C15H26N2O4S.